The lowest BCUT2D eigenvalue weighted by Gasteiger charge is -2.09. The van der Waals surface area contributed by atoms with E-state index in [2.05, 4.69) is 10.7 Å². The third kappa shape index (κ3) is 4.51. The molecule has 0 bridgehead atoms. The lowest BCUT2D eigenvalue weighted by Crippen LogP contribution is -2.25. The number of nitrogen functional groups attached to an aromatic ring is 1. The fourth-order valence-corrected chi connectivity index (χ4v) is 1.98. The Kier molecular flexibility index (Phi) is 5.38. The van der Waals surface area contributed by atoms with Gasteiger partial charge in [-0.3, -0.25) is 10.6 Å². The Balaban J connectivity index is 1.66. The molecule has 20 heavy (non-hydrogen) atoms. The van der Waals surface area contributed by atoms with Gasteiger partial charge >= 0.3 is 0 Å². The van der Waals surface area contributed by atoms with Crippen molar-refractivity contribution < 1.29 is 9.53 Å². The van der Waals surface area contributed by atoms with Gasteiger partial charge in [0.1, 0.15) is 0 Å². The van der Waals surface area contributed by atoms with Crippen LogP contribution in [-0.2, 0) is 4.74 Å². The van der Waals surface area contributed by atoms with E-state index in [0.717, 1.165) is 30.2 Å². The molecule has 2 rings (SSSR count). The highest BCUT2D eigenvalue weighted by atomic mass is 16.5. The first kappa shape index (κ1) is 14.8. The van der Waals surface area contributed by atoms with Gasteiger partial charge in [0.05, 0.1) is 5.69 Å². The van der Waals surface area contributed by atoms with Crippen LogP contribution in [0.1, 0.15) is 35.2 Å². The lowest BCUT2D eigenvalue weighted by atomic mass is 10.1. The Hall–Kier alpha value is -1.59. The summed E-state index contributed by atoms with van der Waals surface area (Å²) in [6.07, 6.45) is 3.47. The lowest BCUT2D eigenvalue weighted by molar-refractivity contribution is 0.0937. The SMILES string of the molecule is Cc1cc(C(=O)NCCCOCC2CC2)ccc1NN. The molecule has 0 aliphatic heterocycles. The monoisotopic (exact) mass is 277 g/mol. The minimum absolute atomic E-state index is 0.0566. The highest BCUT2D eigenvalue weighted by Crippen LogP contribution is 2.28. The average molecular weight is 277 g/mol. The number of benzene rings is 1. The van der Waals surface area contributed by atoms with Crippen molar-refractivity contribution in [3.05, 3.63) is 29.3 Å². The van der Waals surface area contributed by atoms with Gasteiger partial charge in [-0.1, -0.05) is 0 Å². The Labute approximate surface area is 119 Å². The van der Waals surface area contributed by atoms with Crippen LogP contribution >= 0.6 is 0 Å². The molecule has 0 spiro atoms. The van der Waals surface area contributed by atoms with Crippen molar-refractivity contribution >= 4 is 11.6 Å². The molecule has 0 radical (unpaired) electrons. The third-order valence-corrected chi connectivity index (χ3v) is 3.45. The molecule has 1 aliphatic rings. The number of ether oxygens (including phenoxy) is 1. The first-order chi connectivity index (χ1) is 9.70. The number of anilines is 1. The molecule has 0 unspecified atom stereocenters. The van der Waals surface area contributed by atoms with E-state index in [4.69, 9.17) is 10.6 Å². The number of rotatable bonds is 8. The molecule has 1 fully saturated rings. The van der Waals surface area contributed by atoms with E-state index in [9.17, 15) is 4.79 Å². The van der Waals surface area contributed by atoms with Gasteiger partial charge in [-0.25, -0.2) is 0 Å². The first-order valence-corrected chi connectivity index (χ1v) is 7.14. The molecule has 0 saturated heterocycles. The molecule has 0 heterocycles. The summed E-state index contributed by atoms with van der Waals surface area (Å²) in [4.78, 5) is 11.9. The second kappa shape index (κ2) is 7.26. The van der Waals surface area contributed by atoms with Crippen molar-refractivity contribution in [3.63, 3.8) is 0 Å². The van der Waals surface area contributed by atoms with E-state index < -0.39 is 0 Å². The van der Waals surface area contributed by atoms with Gasteiger partial charge in [0, 0.05) is 25.3 Å². The summed E-state index contributed by atoms with van der Waals surface area (Å²) >= 11 is 0. The fourth-order valence-electron chi connectivity index (χ4n) is 1.98. The number of hydrazine groups is 1. The normalized spacial score (nSPS) is 14.1. The Morgan fingerprint density at radius 1 is 1.45 bits per heavy atom. The van der Waals surface area contributed by atoms with Crippen molar-refractivity contribution in [3.8, 4) is 0 Å². The van der Waals surface area contributed by atoms with Gasteiger partial charge in [0.25, 0.3) is 5.91 Å². The first-order valence-electron chi connectivity index (χ1n) is 7.14. The molecule has 5 nitrogen and oxygen atoms in total. The van der Waals surface area contributed by atoms with Gasteiger partial charge in [-0.15, -0.1) is 0 Å². The average Bonchev–Trinajstić information content (AvgIpc) is 3.26. The summed E-state index contributed by atoms with van der Waals surface area (Å²) in [6, 6.07) is 5.40. The van der Waals surface area contributed by atoms with E-state index in [0.29, 0.717) is 18.7 Å². The van der Waals surface area contributed by atoms with E-state index >= 15 is 0 Å². The highest BCUT2D eigenvalue weighted by Gasteiger charge is 2.20. The molecule has 1 amide bonds. The van der Waals surface area contributed by atoms with Gasteiger partial charge in [-0.2, -0.15) is 0 Å². The number of amides is 1. The van der Waals surface area contributed by atoms with Crippen LogP contribution in [0.5, 0.6) is 0 Å². The number of carbonyl (C=O) groups is 1. The van der Waals surface area contributed by atoms with Crippen LogP contribution in [0.25, 0.3) is 0 Å². The van der Waals surface area contributed by atoms with Crippen LogP contribution in [0.15, 0.2) is 18.2 Å². The summed E-state index contributed by atoms with van der Waals surface area (Å²) in [5, 5.41) is 2.90. The zero-order valence-corrected chi connectivity index (χ0v) is 11.9. The number of nitrogens with one attached hydrogen (secondary N) is 2. The fraction of sp³-hybridized carbons (Fsp3) is 0.533. The minimum atomic E-state index is -0.0566. The Bertz CT molecular complexity index is 458. The summed E-state index contributed by atoms with van der Waals surface area (Å²) in [5.74, 6) is 6.10. The second-order valence-corrected chi connectivity index (χ2v) is 5.30. The summed E-state index contributed by atoms with van der Waals surface area (Å²) in [5.41, 5.74) is 5.03. The van der Waals surface area contributed by atoms with Crippen LogP contribution in [0.3, 0.4) is 0 Å². The van der Waals surface area contributed by atoms with Crippen molar-refractivity contribution in [1.29, 1.82) is 0 Å². The van der Waals surface area contributed by atoms with Crippen LogP contribution in [0.4, 0.5) is 5.69 Å². The summed E-state index contributed by atoms with van der Waals surface area (Å²) in [7, 11) is 0. The molecule has 0 aromatic heterocycles. The van der Waals surface area contributed by atoms with Crippen molar-refractivity contribution in [2.24, 2.45) is 11.8 Å². The number of hydrogen-bond acceptors (Lipinski definition) is 4. The van der Waals surface area contributed by atoms with Crippen molar-refractivity contribution in [2.45, 2.75) is 26.2 Å². The highest BCUT2D eigenvalue weighted by molar-refractivity contribution is 5.94. The van der Waals surface area contributed by atoms with Crippen molar-refractivity contribution in [2.75, 3.05) is 25.2 Å². The molecule has 0 atom stereocenters. The maximum Gasteiger partial charge on any atom is 0.251 e. The van der Waals surface area contributed by atoms with E-state index in [1.807, 2.05) is 19.1 Å². The largest absolute Gasteiger partial charge is 0.381 e. The third-order valence-electron chi connectivity index (χ3n) is 3.45. The van der Waals surface area contributed by atoms with Gasteiger partial charge in [0.15, 0.2) is 0 Å². The predicted molar refractivity (Wildman–Crippen MR) is 79.5 cm³/mol. The zero-order chi connectivity index (χ0) is 14.4. The van der Waals surface area contributed by atoms with E-state index in [1.165, 1.54) is 12.8 Å². The summed E-state index contributed by atoms with van der Waals surface area (Å²) < 4.78 is 5.52. The Morgan fingerprint density at radius 3 is 2.90 bits per heavy atom. The smallest absolute Gasteiger partial charge is 0.251 e. The maximum absolute atomic E-state index is 11.9. The molecule has 1 aromatic rings. The topological polar surface area (TPSA) is 76.4 Å². The maximum atomic E-state index is 11.9. The molecular weight excluding hydrogens is 254 g/mol. The Morgan fingerprint density at radius 2 is 2.25 bits per heavy atom. The zero-order valence-electron chi connectivity index (χ0n) is 11.9. The van der Waals surface area contributed by atoms with Gasteiger partial charge < -0.3 is 15.5 Å². The van der Waals surface area contributed by atoms with Crippen LogP contribution in [0.2, 0.25) is 0 Å². The number of aryl methyl sites for hydroxylation is 1. The van der Waals surface area contributed by atoms with Gasteiger partial charge in [0.2, 0.25) is 0 Å². The van der Waals surface area contributed by atoms with Crippen LogP contribution < -0.4 is 16.6 Å². The van der Waals surface area contributed by atoms with Gasteiger partial charge in [-0.05, 0) is 55.9 Å². The minimum Gasteiger partial charge on any atom is -0.381 e. The molecule has 110 valence electrons. The molecule has 1 saturated carbocycles. The predicted octanol–water partition coefficient (Wildman–Crippen LogP) is 1.83. The molecule has 1 aromatic carbocycles. The quantitative estimate of drug-likeness (QED) is 0.385. The molecule has 4 N–H and O–H groups in total. The molecule has 5 heteroatoms. The number of hydrogen-bond donors (Lipinski definition) is 3. The van der Waals surface area contributed by atoms with E-state index in [-0.39, 0.29) is 5.91 Å². The van der Waals surface area contributed by atoms with Crippen LogP contribution in [0, 0.1) is 12.8 Å². The second-order valence-electron chi connectivity index (χ2n) is 5.30. The molecule has 1 aliphatic carbocycles. The van der Waals surface area contributed by atoms with Crippen LogP contribution in [-0.4, -0.2) is 25.7 Å². The number of nitrogens with two attached hydrogens (primary N) is 1. The standard InChI is InChI=1S/C15H23N3O2/c1-11-9-13(5-6-14(11)18-16)15(19)17-7-2-8-20-10-12-3-4-12/h5-6,9,12,18H,2-4,7-8,10,16H2,1H3,(H,17,19). The number of carbonyl (C=O) groups excluding carboxylic acids is 1. The molecular formula is C15H23N3O2. The van der Waals surface area contributed by atoms with E-state index in [1.54, 1.807) is 6.07 Å². The summed E-state index contributed by atoms with van der Waals surface area (Å²) in [6.45, 7) is 4.14. The van der Waals surface area contributed by atoms with Crippen molar-refractivity contribution in [1.82, 2.24) is 5.32 Å².